The Bertz CT molecular complexity index is 4160. The lowest BCUT2D eigenvalue weighted by Gasteiger charge is -2.40. The summed E-state index contributed by atoms with van der Waals surface area (Å²) in [6.45, 7) is 20.8. The van der Waals surface area contributed by atoms with E-state index in [4.69, 9.17) is 41.6 Å². The molecule has 4 heterocycles. The summed E-state index contributed by atoms with van der Waals surface area (Å²) in [6.07, 6.45) is 1.30. The van der Waals surface area contributed by atoms with Gasteiger partial charge in [0.15, 0.2) is 23.0 Å². The van der Waals surface area contributed by atoms with Crippen LogP contribution in [-0.2, 0) is 18.9 Å². The number of rotatable bonds is 10. The first-order chi connectivity index (χ1) is 45.0. The minimum atomic E-state index is -0.499. The van der Waals surface area contributed by atoms with Gasteiger partial charge in [0.25, 0.3) is 0 Å². The van der Waals surface area contributed by atoms with Gasteiger partial charge in [0.2, 0.25) is 0 Å². The Morgan fingerprint density at radius 1 is 0.319 bits per heavy atom. The van der Waals surface area contributed by atoms with Crippen molar-refractivity contribution in [2.45, 2.75) is 129 Å². The number of phenolic OH excluding ortho intramolecular Hbond substituents is 8. The van der Waals surface area contributed by atoms with E-state index in [1.54, 1.807) is 48.5 Å². The lowest BCUT2D eigenvalue weighted by atomic mass is 9.62. The van der Waals surface area contributed by atoms with Crippen LogP contribution in [0.1, 0.15) is 165 Å². The molecular formula is C80H80O14. The Balaban J connectivity index is 0.000000171. The number of aryl methyl sites for hydroxylation is 6. The third-order valence-electron chi connectivity index (χ3n) is 20.9. The predicted molar refractivity (Wildman–Crippen MR) is 358 cm³/mol. The van der Waals surface area contributed by atoms with Crippen LogP contribution >= 0.6 is 0 Å². The van der Waals surface area contributed by atoms with E-state index in [2.05, 4.69) is 0 Å². The standard InChI is InChI=1S/2C40H40O7/c2*1-21-16-25(6-10-31(21)41)36-24(4)40(39(47-36)28-9-12-33(43)23(3)18-28)15-14-29-30(20-40)38(27-8-13-34(44)35(19-27)45-5)46-37(29)26-7-11-32(42)22(2)17-26/h2*6-13,16-19,36-39,41-44H,4,14-15,20H2,1-3,5H3/t36-,37-,38+,39-,40+;36-,37-,38+,39-,40-/m00/s1. The molecule has 8 N–H and O–H groups in total. The van der Waals surface area contributed by atoms with Crippen molar-refractivity contribution in [2.75, 3.05) is 14.2 Å². The monoisotopic (exact) mass is 1260 g/mol. The van der Waals surface area contributed by atoms with E-state index in [1.165, 1.54) is 25.4 Å². The third kappa shape index (κ3) is 10.9. The van der Waals surface area contributed by atoms with E-state index in [-0.39, 0.29) is 70.4 Å². The first-order valence-corrected chi connectivity index (χ1v) is 32.0. The van der Waals surface area contributed by atoms with Gasteiger partial charge in [0.05, 0.1) is 26.4 Å². The molecule has 0 saturated carbocycles. The molecule has 8 aromatic carbocycles. The summed E-state index contributed by atoms with van der Waals surface area (Å²) in [7, 11) is 3.07. The van der Waals surface area contributed by atoms with Gasteiger partial charge in [-0.25, -0.2) is 0 Å². The molecule has 10 atom stereocenters. The number of phenols is 8. The molecule has 14 rings (SSSR count). The highest BCUT2D eigenvalue weighted by atomic mass is 16.5. The van der Waals surface area contributed by atoms with Crippen LogP contribution in [0.15, 0.2) is 192 Å². The van der Waals surface area contributed by atoms with Crippen LogP contribution in [0.4, 0.5) is 0 Å². The zero-order valence-electron chi connectivity index (χ0n) is 54.2. The first-order valence-electron chi connectivity index (χ1n) is 32.0. The maximum absolute atomic E-state index is 10.4. The number of hydrogen-bond donors (Lipinski definition) is 8. The molecule has 0 radical (unpaired) electrons. The van der Waals surface area contributed by atoms with Crippen molar-refractivity contribution in [3.05, 3.63) is 270 Å². The van der Waals surface area contributed by atoms with Crippen LogP contribution in [0, 0.1) is 52.4 Å². The van der Waals surface area contributed by atoms with Crippen LogP contribution in [0.25, 0.3) is 0 Å². The molecule has 14 nitrogen and oxygen atoms in total. The molecule has 0 amide bonds. The fourth-order valence-electron chi connectivity index (χ4n) is 15.6. The fraction of sp³-hybridized carbons (Fsp3) is 0.300. The molecule has 94 heavy (non-hydrogen) atoms. The molecule has 0 bridgehead atoms. The minimum absolute atomic E-state index is 0.0571. The van der Waals surface area contributed by atoms with Crippen molar-refractivity contribution >= 4 is 0 Å². The highest BCUT2D eigenvalue weighted by Crippen LogP contribution is 2.69. The Morgan fingerprint density at radius 2 is 0.564 bits per heavy atom. The highest BCUT2D eigenvalue weighted by molar-refractivity contribution is 5.55. The number of benzene rings is 8. The average molecular weight is 1270 g/mol. The Morgan fingerprint density at radius 3 is 0.851 bits per heavy atom. The second-order valence-electron chi connectivity index (χ2n) is 26.5. The molecule has 2 aliphatic carbocycles. The topological polar surface area (TPSA) is 217 Å². The summed E-state index contributed by atoms with van der Waals surface area (Å²) >= 11 is 0. The van der Waals surface area contributed by atoms with Gasteiger partial charge >= 0.3 is 0 Å². The molecule has 2 saturated heterocycles. The van der Waals surface area contributed by atoms with Crippen LogP contribution in [0.2, 0.25) is 0 Å². The molecule has 4 aliphatic heterocycles. The Kier molecular flexibility index (Phi) is 16.5. The average Bonchev–Trinajstić information content (AvgIpc) is 1.55. The lowest BCUT2D eigenvalue weighted by molar-refractivity contribution is 0.00320. The van der Waals surface area contributed by atoms with E-state index in [1.807, 2.05) is 139 Å². The molecule has 14 heteroatoms. The van der Waals surface area contributed by atoms with Crippen LogP contribution in [-0.4, -0.2) is 55.1 Å². The van der Waals surface area contributed by atoms with Crippen molar-refractivity contribution in [1.29, 1.82) is 0 Å². The minimum Gasteiger partial charge on any atom is -0.508 e. The summed E-state index contributed by atoms with van der Waals surface area (Å²) in [5.74, 6) is 2.27. The van der Waals surface area contributed by atoms with Gasteiger partial charge in [-0.05, 0) is 288 Å². The summed E-state index contributed by atoms with van der Waals surface area (Å²) in [5.41, 5.74) is 17.8. The van der Waals surface area contributed by atoms with Gasteiger partial charge in [0, 0.05) is 10.8 Å². The SMILES string of the molecule is C=C1[C@@H](c2ccc(O)c(C)c2)O[C@@H](c2ccc(O)c(C)c2)[C@@]12CCC1=C(C2)[C@@H](c2ccc(O)c(OC)c2)O[C@H]1c1ccc(O)c(C)c1.C=C1[C@@H](c2ccc(O)c(C)c2)O[C@@H](c2ccc(O)c(C)c2)[C@]12CCC1=C(C2)[C@@H](c2ccc(O)c(OC)c2)O[C@H]1c1ccc(O)c(C)c1. The largest absolute Gasteiger partial charge is 0.508 e. The Labute approximate surface area is 548 Å². The molecule has 2 fully saturated rings. The van der Waals surface area contributed by atoms with Gasteiger partial charge in [0.1, 0.15) is 71.1 Å². The summed E-state index contributed by atoms with van der Waals surface area (Å²) < 4.78 is 38.9. The van der Waals surface area contributed by atoms with E-state index in [0.717, 1.165) is 126 Å². The number of methoxy groups -OCH3 is 2. The molecule has 484 valence electrons. The Hall–Kier alpha value is -9.44. The van der Waals surface area contributed by atoms with E-state index in [9.17, 15) is 40.9 Å². The van der Waals surface area contributed by atoms with E-state index >= 15 is 0 Å². The van der Waals surface area contributed by atoms with Gasteiger partial charge in [-0.2, -0.15) is 0 Å². The summed E-state index contributed by atoms with van der Waals surface area (Å²) in [5, 5.41) is 82.7. The second kappa shape index (κ2) is 24.5. The number of hydrogen-bond acceptors (Lipinski definition) is 14. The van der Waals surface area contributed by atoms with Crippen LogP contribution < -0.4 is 9.47 Å². The molecule has 0 aromatic heterocycles. The molecule has 2 spiro atoms. The van der Waals surface area contributed by atoms with Gasteiger partial charge in [-0.1, -0.05) is 61.7 Å². The second-order valence-corrected chi connectivity index (χ2v) is 26.5. The zero-order chi connectivity index (χ0) is 66.4. The van der Waals surface area contributed by atoms with Crippen LogP contribution in [0.5, 0.6) is 57.5 Å². The fourth-order valence-corrected chi connectivity index (χ4v) is 15.6. The smallest absolute Gasteiger partial charge is 0.160 e. The normalized spacial score (nSPS) is 25.4. The number of aromatic hydroxyl groups is 8. The maximum Gasteiger partial charge on any atom is 0.160 e. The van der Waals surface area contributed by atoms with Crippen molar-refractivity contribution in [3.63, 3.8) is 0 Å². The van der Waals surface area contributed by atoms with E-state index in [0.29, 0.717) is 24.3 Å². The van der Waals surface area contributed by atoms with Crippen molar-refractivity contribution in [1.82, 2.24) is 0 Å². The maximum atomic E-state index is 10.4. The van der Waals surface area contributed by atoms with Gasteiger partial charge in [-0.3, -0.25) is 0 Å². The van der Waals surface area contributed by atoms with Crippen molar-refractivity contribution < 1.29 is 69.3 Å². The summed E-state index contributed by atoms with van der Waals surface area (Å²) in [4.78, 5) is 0. The summed E-state index contributed by atoms with van der Waals surface area (Å²) in [6, 6.07) is 44.4. The van der Waals surface area contributed by atoms with E-state index < -0.39 is 35.2 Å². The van der Waals surface area contributed by atoms with Crippen molar-refractivity contribution in [2.24, 2.45) is 10.8 Å². The lowest BCUT2D eigenvalue weighted by Crippen LogP contribution is -2.31. The molecule has 0 unspecified atom stereocenters. The molecular weight excluding hydrogens is 1180 g/mol. The van der Waals surface area contributed by atoms with Gasteiger partial charge in [-0.15, -0.1) is 0 Å². The zero-order valence-corrected chi connectivity index (χ0v) is 54.2. The predicted octanol–water partition coefficient (Wildman–Crippen LogP) is 17.6. The van der Waals surface area contributed by atoms with Crippen molar-refractivity contribution in [3.8, 4) is 57.5 Å². The molecule has 6 aliphatic rings. The number of ether oxygens (including phenoxy) is 6. The first kappa shape index (κ1) is 63.3. The third-order valence-corrected chi connectivity index (χ3v) is 20.9. The van der Waals surface area contributed by atoms with Gasteiger partial charge < -0.3 is 69.3 Å². The van der Waals surface area contributed by atoms with Crippen LogP contribution in [0.3, 0.4) is 0 Å². The molecule has 8 aromatic rings. The highest BCUT2D eigenvalue weighted by Gasteiger charge is 2.58. The quantitative estimate of drug-likeness (QED) is 0.0598.